The van der Waals surface area contributed by atoms with E-state index in [0.717, 1.165) is 17.1 Å². The summed E-state index contributed by atoms with van der Waals surface area (Å²) in [5.74, 6) is 1.37. The van der Waals surface area contributed by atoms with Crippen molar-refractivity contribution in [2.75, 3.05) is 13.3 Å². The summed E-state index contributed by atoms with van der Waals surface area (Å²) in [6.45, 7) is 6.58. The number of halogens is 1. The van der Waals surface area contributed by atoms with Crippen LogP contribution in [0.4, 0.5) is 0 Å². The van der Waals surface area contributed by atoms with Crippen LogP contribution in [0, 0.1) is 0 Å². The van der Waals surface area contributed by atoms with E-state index in [2.05, 4.69) is 19.2 Å². The van der Waals surface area contributed by atoms with Gasteiger partial charge in [0.15, 0.2) is 11.5 Å². The van der Waals surface area contributed by atoms with E-state index >= 15 is 0 Å². The third-order valence-corrected chi connectivity index (χ3v) is 3.27. The van der Waals surface area contributed by atoms with Crippen LogP contribution in [0.3, 0.4) is 0 Å². The fourth-order valence-corrected chi connectivity index (χ4v) is 1.89. The Balaban J connectivity index is 0.00000200. The van der Waals surface area contributed by atoms with Gasteiger partial charge in [-0.25, -0.2) is 0 Å². The summed E-state index contributed by atoms with van der Waals surface area (Å²) in [5, 5.41) is 2.85. The molecule has 1 heterocycles. The van der Waals surface area contributed by atoms with Gasteiger partial charge in [-0.1, -0.05) is 19.9 Å². The van der Waals surface area contributed by atoms with Gasteiger partial charge in [-0.15, -0.1) is 12.4 Å². The lowest BCUT2D eigenvalue weighted by molar-refractivity contribution is -0.122. The number of hydrogen-bond donors (Lipinski definition) is 2. The van der Waals surface area contributed by atoms with Crippen molar-refractivity contribution in [3.63, 3.8) is 0 Å². The van der Waals surface area contributed by atoms with E-state index in [1.165, 1.54) is 0 Å². The summed E-state index contributed by atoms with van der Waals surface area (Å²) in [7, 11) is 0. The largest absolute Gasteiger partial charge is 0.454 e. The van der Waals surface area contributed by atoms with Crippen molar-refractivity contribution < 1.29 is 14.3 Å². The van der Waals surface area contributed by atoms with Crippen LogP contribution in [0.5, 0.6) is 11.5 Å². The van der Waals surface area contributed by atoms with Crippen LogP contribution in [0.2, 0.25) is 0 Å². The molecule has 0 saturated heterocycles. The summed E-state index contributed by atoms with van der Waals surface area (Å²) in [4.78, 5) is 11.5. The average molecular weight is 301 g/mol. The third kappa shape index (κ3) is 3.55. The number of benzene rings is 1. The molecule has 0 spiro atoms. The van der Waals surface area contributed by atoms with Crippen molar-refractivity contribution in [3.8, 4) is 11.5 Å². The van der Waals surface area contributed by atoms with Crippen LogP contribution in [0.15, 0.2) is 18.2 Å². The zero-order valence-electron chi connectivity index (χ0n) is 11.9. The number of nitrogens with two attached hydrogens (primary N) is 1. The molecular formula is C14H21ClN2O3. The minimum absolute atomic E-state index is 0. The first-order chi connectivity index (χ1) is 8.90. The second-order valence-corrected chi connectivity index (χ2v) is 5.46. The van der Waals surface area contributed by atoms with Gasteiger partial charge < -0.3 is 20.5 Å². The highest BCUT2D eigenvalue weighted by Crippen LogP contribution is 2.36. The maximum absolute atomic E-state index is 11.5. The van der Waals surface area contributed by atoms with Gasteiger partial charge in [0.05, 0.1) is 6.04 Å². The molecule has 112 valence electrons. The summed E-state index contributed by atoms with van der Waals surface area (Å²) in [6.07, 6.45) is 0. The summed E-state index contributed by atoms with van der Waals surface area (Å²) in [6, 6.07) is 5.35. The van der Waals surface area contributed by atoms with Crippen LogP contribution in [-0.4, -0.2) is 25.3 Å². The number of carbonyl (C=O) groups excluding carboxylic acids is 1. The first-order valence-electron chi connectivity index (χ1n) is 6.33. The Hall–Kier alpha value is -1.46. The Morgan fingerprint density at radius 2 is 2.05 bits per heavy atom. The Morgan fingerprint density at radius 3 is 2.70 bits per heavy atom. The van der Waals surface area contributed by atoms with E-state index in [4.69, 9.17) is 15.2 Å². The number of fused-ring (bicyclic) bond motifs is 1. The van der Waals surface area contributed by atoms with E-state index < -0.39 is 6.04 Å². The molecule has 1 aromatic carbocycles. The van der Waals surface area contributed by atoms with Crippen molar-refractivity contribution in [2.45, 2.75) is 32.2 Å². The minimum Gasteiger partial charge on any atom is -0.454 e. The lowest BCUT2D eigenvalue weighted by Gasteiger charge is -2.26. The smallest absolute Gasteiger partial charge is 0.236 e. The molecule has 1 aromatic rings. The van der Waals surface area contributed by atoms with E-state index in [0.29, 0.717) is 6.54 Å². The first kappa shape index (κ1) is 16.6. The van der Waals surface area contributed by atoms with E-state index in [9.17, 15) is 4.79 Å². The number of amides is 1. The van der Waals surface area contributed by atoms with Gasteiger partial charge in [0.1, 0.15) is 0 Å². The second kappa shape index (κ2) is 6.33. The maximum Gasteiger partial charge on any atom is 0.236 e. The van der Waals surface area contributed by atoms with Gasteiger partial charge in [-0.2, -0.15) is 0 Å². The number of ether oxygens (including phenoxy) is 2. The van der Waals surface area contributed by atoms with E-state index in [1.807, 2.05) is 18.2 Å². The molecule has 0 saturated carbocycles. The highest BCUT2D eigenvalue weighted by Gasteiger charge is 2.25. The fourth-order valence-electron chi connectivity index (χ4n) is 1.89. The second-order valence-electron chi connectivity index (χ2n) is 5.46. The molecule has 0 fully saturated rings. The first-order valence-corrected chi connectivity index (χ1v) is 6.33. The summed E-state index contributed by atoms with van der Waals surface area (Å²) >= 11 is 0. The lowest BCUT2D eigenvalue weighted by atomic mass is 9.84. The predicted octanol–water partition coefficient (Wildman–Crippen LogP) is 1.58. The van der Waals surface area contributed by atoms with Crippen molar-refractivity contribution in [1.29, 1.82) is 0 Å². The van der Waals surface area contributed by atoms with Crippen LogP contribution in [0.1, 0.15) is 26.3 Å². The number of hydrogen-bond acceptors (Lipinski definition) is 4. The number of carbonyl (C=O) groups is 1. The predicted molar refractivity (Wildman–Crippen MR) is 79.5 cm³/mol. The molecule has 20 heavy (non-hydrogen) atoms. The topological polar surface area (TPSA) is 73.6 Å². The Bertz CT molecular complexity index is 489. The summed E-state index contributed by atoms with van der Waals surface area (Å²) in [5.41, 5.74) is 6.41. The number of nitrogens with one attached hydrogen (secondary N) is 1. The zero-order valence-corrected chi connectivity index (χ0v) is 12.8. The van der Waals surface area contributed by atoms with E-state index in [1.54, 1.807) is 6.92 Å². The van der Waals surface area contributed by atoms with Crippen molar-refractivity contribution in [1.82, 2.24) is 5.32 Å². The van der Waals surface area contributed by atoms with Gasteiger partial charge in [0, 0.05) is 12.0 Å². The molecule has 2 rings (SSSR count). The molecule has 0 aliphatic carbocycles. The Kier molecular flexibility index (Phi) is 5.25. The zero-order chi connectivity index (χ0) is 14.0. The normalized spacial score (nSPS) is 14.4. The van der Waals surface area contributed by atoms with Crippen molar-refractivity contribution in [2.24, 2.45) is 5.73 Å². The SMILES string of the molecule is C[C@H](N)C(=O)NCC(C)(C)c1ccc2c(c1)OCO2.Cl. The van der Waals surface area contributed by atoms with Gasteiger partial charge in [-0.05, 0) is 24.6 Å². The Morgan fingerprint density at radius 1 is 1.40 bits per heavy atom. The molecule has 0 bridgehead atoms. The lowest BCUT2D eigenvalue weighted by Crippen LogP contribution is -2.43. The van der Waals surface area contributed by atoms with Gasteiger partial charge in [0.25, 0.3) is 0 Å². The van der Waals surface area contributed by atoms with Crippen LogP contribution in [0.25, 0.3) is 0 Å². The monoisotopic (exact) mass is 300 g/mol. The molecular weight excluding hydrogens is 280 g/mol. The number of rotatable bonds is 4. The quantitative estimate of drug-likeness (QED) is 0.885. The fraction of sp³-hybridized carbons (Fsp3) is 0.500. The van der Waals surface area contributed by atoms with Gasteiger partial charge in [0.2, 0.25) is 12.7 Å². The molecule has 0 radical (unpaired) electrons. The van der Waals surface area contributed by atoms with Crippen molar-refractivity contribution >= 4 is 18.3 Å². The summed E-state index contributed by atoms with van der Waals surface area (Å²) < 4.78 is 10.7. The molecule has 5 nitrogen and oxygen atoms in total. The molecule has 0 unspecified atom stereocenters. The maximum atomic E-state index is 11.5. The molecule has 6 heteroatoms. The third-order valence-electron chi connectivity index (χ3n) is 3.27. The molecule has 0 aromatic heterocycles. The van der Waals surface area contributed by atoms with Crippen LogP contribution < -0.4 is 20.5 Å². The van der Waals surface area contributed by atoms with Gasteiger partial charge >= 0.3 is 0 Å². The molecule has 1 aliphatic heterocycles. The molecule has 1 amide bonds. The molecule has 1 atom stereocenters. The van der Waals surface area contributed by atoms with Crippen LogP contribution in [-0.2, 0) is 10.2 Å². The highest BCUT2D eigenvalue weighted by molar-refractivity contribution is 5.85. The van der Waals surface area contributed by atoms with Gasteiger partial charge in [-0.3, -0.25) is 4.79 Å². The standard InChI is InChI=1S/C14H20N2O3.ClH/c1-9(15)13(17)16-7-14(2,3)10-4-5-11-12(6-10)19-8-18-11;/h4-6,9H,7-8,15H2,1-3H3,(H,16,17);1H/t9-;/m0./s1. The molecule has 1 aliphatic rings. The van der Waals surface area contributed by atoms with Crippen molar-refractivity contribution in [3.05, 3.63) is 23.8 Å². The van der Waals surface area contributed by atoms with Crippen LogP contribution >= 0.6 is 12.4 Å². The van der Waals surface area contributed by atoms with E-state index in [-0.39, 0.29) is 30.5 Å². The Labute approximate surface area is 125 Å². The highest BCUT2D eigenvalue weighted by atomic mass is 35.5. The average Bonchev–Trinajstić information content (AvgIpc) is 2.82. The minimum atomic E-state index is -0.493. The molecule has 3 N–H and O–H groups in total.